The van der Waals surface area contributed by atoms with E-state index >= 15 is 0 Å². The molecule has 0 saturated carbocycles. The van der Waals surface area contributed by atoms with Crippen molar-refractivity contribution in [2.75, 3.05) is 0 Å². The lowest BCUT2D eigenvalue weighted by atomic mass is 10.1. The molecular weight excluding hydrogens is 230 g/mol. The molecule has 1 N–H and O–H groups in total. The molecule has 0 spiro atoms. The first kappa shape index (κ1) is 12.1. The Morgan fingerprint density at radius 3 is 2.50 bits per heavy atom. The summed E-state index contributed by atoms with van der Waals surface area (Å²) >= 11 is 0. The Balaban J connectivity index is 2.22. The van der Waals surface area contributed by atoms with E-state index in [2.05, 4.69) is 4.98 Å². The summed E-state index contributed by atoms with van der Waals surface area (Å²) in [5.41, 5.74) is 1.58. The fraction of sp³-hybridized carbons (Fsp3) is 0.143. The van der Waals surface area contributed by atoms with Gasteiger partial charge in [0.25, 0.3) is 0 Å². The predicted molar refractivity (Wildman–Crippen MR) is 66.4 cm³/mol. The van der Waals surface area contributed by atoms with Crippen molar-refractivity contribution in [3.63, 3.8) is 0 Å². The minimum atomic E-state index is -1.04. The van der Waals surface area contributed by atoms with Crippen LogP contribution in [0.2, 0.25) is 0 Å². The molecule has 0 bridgehead atoms. The van der Waals surface area contributed by atoms with Crippen molar-refractivity contribution in [2.24, 2.45) is 0 Å². The minimum absolute atomic E-state index is 0.303. The summed E-state index contributed by atoms with van der Waals surface area (Å²) in [6.07, 6.45) is 0.598. The highest BCUT2D eigenvalue weighted by Crippen LogP contribution is 2.20. The van der Waals surface area contributed by atoms with Gasteiger partial charge in [-0.25, -0.2) is 9.78 Å². The number of aromatic nitrogens is 1. The maximum absolute atomic E-state index is 11.2. The molecule has 1 aromatic heterocycles. The first-order chi connectivity index (χ1) is 8.66. The van der Waals surface area contributed by atoms with Gasteiger partial charge in [0.15, 0.2) is 0 Å². The van der Waals surface area contributed by atoms with Crippen molar-refractivity contribution in [3.05, 3.63) is 59.8 Å². The second-order valence-electron chi connectivity index (χ2n) is 3.92. The summed E-state index contributed by atoms with van der Waals surface area (Å²) in [5, 5.41) is 9.19. The highest BCUT2D eigenvalue weighted by molar-refractivity contribution is 5.74. The second-order valence-corrected chi connectivity index (χ2v) is 3.92. The third kappa shape index (κ3) is 2.85. The summed E-state index contributed by atoms with van der Waals surface area (Å²) in [4.78, 5) is 15.3. The van der Waals surface area contributed by atoms with E-state index in [0.717, 1.165) is 5.56 Å². The average molecular weight is 243 g/mol. The summed E-state index contributed by atoms with van der Waals surface area (Å²) in [6.45, 7) is 1.91. The first-order valence-electron chi connectivity index (χ1n) is 5.54. The Morgan fingerprint density at radius 2 is 1.94 bits per heavy atom. The summed E-state index contributed by atoms with van der Waals surface area (Å²) in [7, 11) is 0. The summed E-state index contributed by atoms with van der Waals surface area (Å²) < 4.78 is 5.41. The number of hydrogen-bond donors (Lipinski definition) is 1. The van der Waals surface area contributed by atoms with Crippen LogP contribution in [0.5, 0.6) is 5.88 Å². The molecule has 0 fully saturated rings. The average Bonchev–Trinajstić information content (AvgIpc) is 2.38. The molecule has 4 heteroatoms. The summed E-state index contributed by atoms with van der Waals surface area (Å²) in [5.74, 6) is -0.736. The Hall–Kier alpha value is -2.36. The number of nitrogens with zero attached hydrogens (tertiary/aromatic N) is 1. The molecule has 1 atom stereocenters. The highest BCUT2D eigenvalue weighted by Gasteiger charge is 2.21. The number of hydrogen-bond acceptors (Lipinski definition) is 3. The molecule has 2 rings (SSSR count). The number of carbonyl (C=O) groups is 1. The van der Waals surface area contributed by atoms with E-state index in [1.807, 2.05) is 19.1 Å². The van der Waals surface area contributed by atoms with E-state index in [4.69, 9.17) is 4.74 Å². The molecular formula is C14H13NO3. The van der Waals surface area contributed by atoms with E-state index in [9.17, 15) is 9.90 Å². The van der Waals surface area contributed by atoms with Crippen molar-refractivity contribution in [3.8, 4) is 5.88 Å². The van der Waals surface area contributed by atoms with Crippen LogP contribution >= 0.6 is 0 Å². The smallest absolute Gasteiger partial charge is 0.349 e. The normalized spacial score (nSPS) is 11.8. The topological polar surface area (TPSA) is 59.4 Å². The first-order valence-corrected chi connectivity index (χ1v) is 5.54. The molecule has 0 saturated heterocycles. The minimum Gasteiger partial charge on any atom is -0.478 e. The van der Waals surface area contributed by atoms with Gasteiger partial charge in [0.05, 0.1) is 0 Å². The van der Waals surface area contributed by atoms with E-state index in [0.29, 0.717) is 11.4 Å². The van der Waals surface area contributed by atoms with E-state index in [-0.39, 0.29) is 0 Å². The van der Waals surface area contributed by atoms with Gasteiger partial charge in [-0.3, -0.25) is 0 Å². The lowest BCUT2D eigenvalue weighted by Gasteiger charge is -2.14. The van der Waals surface area contributed by atoms with Gasteiger partial charge in [0.1, 0.15) is 0 Å². The fourth-order valence-electron chi connectivity index (χ4n) is 1.53. The maximum atomic E-state index is 11.2. The Kier molecular flexibility index (Phi) is 3.57. The largest absolute Gasteiger partial charge is 0.478 e. The number of benzene rings is 1. The Morgan fingerprint density at radius 1 is 1.22 bits per heavy atom. The van der Waals surface area contributed by atoms with Crippen LogP contribution in [-0.4, -0.2) is 16.1 Å². The van der Waals surface area contributed by atoms with Gasteiger partial charge in [0.2, 0.25) is 12.0 Å². The van der Waals surface area contributed by atoms with Crippen molar-refractivity contribution < 1.29 is 14.6 Å². The van der Waals surface area contributed by atoms with Crippen LogP contribution in [0.15, 0.2) is 48.7 Å². The van der Waals surface area contributed by atoms with Gasteiger partial charge in [-0.05, 0) is 12.5 Å². The zero-order valence-electron chi connectivity index (χ0n) is 9.91. The molecule has 1 aromatic carbocycles. The summed E-state index contributed by atoms with van der Waals surface area (Å²) in [6, 6.07) is 12.3. The molecule has 4 nitrogen and oxygen atoms in total. The van der Waals surface area contributed by atoms with Crippen LogP contribution in [0, 0.1) is 6.92 Å². The standard InChI is InChI=1S/C14H13NO3/c1-10-7-8-12(15-9-10)18-13(14(16)17)11-5-3-2-4-6-11/h2-9,13H,1H3,(H,16,17). The molecule has 18 heavy (non-hydrogen) atoms. The molecule has 1 heterocycles. The molecule has 92 valence electrons. The van der Waals surface area contributed by atoms with E-state index < -0.39 is 12.1 Å². The SMILES string of the molecule is Cc1ccc(OC(C(=O)O)c2ccccc2)nc1. The highest BCUT2D eigenvalue weighted by atomic mass is 16.5. The van der Waals surface area contributed by atoms with Gasteiger partial charge in [-0.15, -0.1) is 0 Å². The number of aryl methyl sites for hydroxylation is 1. The van der Waals surface area contributed by atoms with Crippen LogP contribution in [0.3, 0.4) is 0 Å². The molecule has 0 aliphatic heterocycles. The lowest BCUT2D eigenvalue weighted by Crippen LogP contribution is -2.18. The van der Waals surface area contributed by atoms with Crippen LogP contribution in [-0.2, 0) is 4.79 Å². The molecule has 0 aliphatic rings. The van der Waals surface area contributed by atoms with Crippen LogP contribution in [0.25, 0.3) is 0 Å². The lowest BCUT2D eigenvalue weighted by molar-refractivity contribution is -0.145. The van der Waals surface area contributed by atoms with Crippen molar-refractivity contribution in [1.82, 2.24) is 4.98 Å². The van der Waals surface area contributed by atoms with Gasteiger partial charge < -0.3 is 9.84 Å². The Bertz CT molecular complexity index is 522. The zero-order valence-corrected chi connectivity index (χ0v) is 9.91. The van der Waals surface area contributed by atoms with E-state index in [1.165, 1.54) is 0 Å². The van der Waals surface area contributed by atoms with E-state index in [1.54, 1.807) is 36.5 Å². The number of carboxylic acid groups (broad SMARTS) is 1. The van der Waals surface area contributed by atoms with Gasteiger partial charge in [-0.1, -0.05) is 36.4 Å². The number of aliphatic carboxylic acids is 1. The maximum Gasteiger partial charge on any atom is 0.349 e. The number of carboxylic acids is 1. The fourth-order valence-corrected chi connectivity index (χ4v) is 1.53. The van der Waals surface area contributed by atoms with Gasteiger partial charge in [-0.2, -0.15) is 0 Å². The number of pyridine rings is 1. The third-order valence-corrected chi connectivity index (χ3v) is 2.45. The molecule has 0 radical (unpaired) electrons. The van der Waals surface area contributed by atoms with Crippen molar-refractivity contribution in [1.29, 1.82) is 0 Å². The van der Waals surface area contributed by atoms with Crippen molar-refractivity contribution in [2.45, 2.75) is 13.0 Å². The monoisotopic (exact) mass is 243 g/mol. The van der Waals surface area contributed by atoms with Crippen molar-refractivity contribution >= 4 is 5.97 Å². The van der Waals surface area contributed by atoms with Crippen LogP contribution in [0.1, 0.15) is 17.2 Å². The predicted octanol–water partition coefficient (Wildman–Crippen LogP) is 2.59. The molecule has 0 amide bonds. The van der Waals surface area contributed by atoms with Crippen LogP contribution < -0.4 is 4.74 Å². The van der Waals surface area contributed by atoms with Gasteiger partial charge >= 0.3 is 5.97 Å². The third-order valence-electron chi connectivity index (χ3n) is 2.45. The Labute approximate surface area is 105 Å². The molecule has 1 unspecified atom stereocenters. The second kappa shape index (κ2) is 5.31. The van der Waals surface area contributed by atoms with Crippen LogP contribution in [0.4, 0.5) is 0 Å². The molecule has 2 aromatic rings. The number of rotatable bonds is 4. The quantitative estimate of drug-likeness (QED) is 0.896. The molecule has 0 aliphatic carbocycles. The zero-order chi connectivity index (χ0) is 13.0. The van der Waals surface area contributed by atoms with Gasteiger partial charge in [0, 0.05) is 17.8 Å². The number of ether oxygens (including phenoxy) is 1.